The van der Waals surface area contributed by atoms with E-state index >= 15 is 0 Å². The minimum absolute atomic E-state index is 0.106. The molecular weight excluding hydrogens is 186 g/mol. The number of hydrogen-bond donors (Lipinski definition) is 4. The van der Waals surface area contributed by atoms with E-state index in [1.54, 1.807) is 0 Å². The first-order valence-electron chi connectivity index (χ1n) is 3.99. The fourth-order valence-electron chi connectivity index (χ4n) is 0.973. The van der Waals surface area contributed by atoms with Gasteiger partial charge < -0.3 is 20.6 Å². The molecule has 0 aliphatic heterocycles. The van der Waals surface area contributed by atoms with Crippen LogP contribution in [0.15, 0.2) is 12.1 Å². The summed E-state index contributed by atoms with van der Waals surface area (Å²) in [5, 5.41) is 29.9. The Labute approximate surface area is 80.6 Å². The summed E-state index contributed by atoms with van der Waals surface area (Å²) in [4.78, 5) is 10.6. The standard InChI is InChI=1S/C9H11NO4/c1-5(11)10-4-6-2-3-7(12)9(14)8(6)13/h2-3,12-14H,4H2,1H3,(H,10,11). The molecule has 0 unspecified atom stereocenters. The molecule has 76 valence electrons. The third kappa shape index (κ3) is 2.07. The van der Waals surface area contributed by atoms with Crippen molar-refractivity contribution in [2.24, 2.45) is 0 Å². The highest BCUT2D eigenvalue weighted by molar-refractivity contribution is 5.73. The van der Waals surface area contributed by atoms with Crippen LogP contribution >= 0.6 is 0 Å². The van der Waals surface area contributed by atoms with Gasteiger partial charge in [-0.3, -0.25) is 4.79 Å². The van der Waals surface area contributed by atoms with E-state index in [0.717, 1.165) is 0 Å². The molecule has 0 saturated heterocycles. The highest BCUT2D eigenvalue weighted by Crippen LogP contribution is 2.36. The predicted octanol–water partition coefficient (Wildman–Crippen LogP) is 0.439. The number of carbonyl (C=O) groups is 1. The van der Waals surface area contributed by atoms with E-state index in [1.165, 1.54) is 19.1 Å². The number of rotatable bonds is 2. The lowest BCUT2D eigenvalue weighted by atomic mass is 10.1. The molecule has 1 amide bonds. The third-order valence-corrected chi connectivity index (χ3v) is 1.74. The highest BCUT2D eigenvalue weighted by Gasteiger charge is 2.10. The molecule has 0 radical (unpaired) electrons. The Morgan fingerprint density at radius 2 is 1.93 bits per heavy atom. The van der Waals surface area contributed by atoms with Crippen LogP contribution in [0.2, 0.25) is 0 Å². The van der Waals surface area contributed by atoms with E-state index in [-0.39, 0.29) is 12.5 Å². The Kier molecular flexibility index (Phi) is 2.81. The van der Waals surface area contributed by atoms with E-state index in [0.29, 0.717) is 5.56 Å². The number of phenolic OH excluding ortho intramolecular Hbond substituents is 3. The van der Waals surface area contributed by atoms with Gasteiger partial charge in [0.05, 0.1) is 0 Å². The van der Waals surface area contributed by atoms with Gasteiger partial charge in [0.25, 0.3) is 0 Å². The van der Waals surface area contributed by atoms with Crippen molar-refractivity contribution in [2.45, 2.75) is 13.5 Å². The van der Waals surface area contributed by atoms with E-state index in [9.17, 15) is 9.90 Å². The number of benzene rings is 1. The van der Waals surface area contributed by atoms with Crippen molar-refractivity contribution < 1.29 is 20.1 Å². The van der Waals surface area contributed by atoms with Gasteiger partial charge in [0.2, 0.25) is 11.7 Å². The SMILES string of the molecule is CC(=O)NCc1ccc(O)c(O)c1O. The zero-order valence-corrected chi connectivity index (χ0v) is 7.61. The van der Waals surface area contributed by atoms with Crippen molar-refractivity contribution in [1.82, 2.24) is 5.32 Å². The molecule has 4 N–H and O–H groups in total. The summed E-state index contributed by atoms with van der Waals surface area (Å²) in [6.45, 7) is 1.45. The smallest absolute Gasteiger partial charge is 0.217 e. The third-order valence-electron chi connectivity index (χ3n) is 1.74. The molecule has 5 heteroatoms. The summed E-state index contributed by atoms with van der Waals surface area (Å²) in [5.74, 6) is -1.63. The first-order valence-corrected chi connectivity index (χ1v) is 3.99. The second-order valence-corrected chi connectivity index (χ2v) is 2.85. The molecule has 0 heterocycles. The molecule has 0 aromatic heterocycles. The van der Waals surface area contributed by atoms with Crippen LogP contribution in [0.3, 0.4) is 0 Å². The van der Waals surface area contributed by atoms with Crippen molar-refractivity contribution in [2.75, 3.05) is 0 Å². The molecular formula is C9H11NO4. The van der Waals surface area contributed by atoms with Gasteiger partial charge in [-0.05, 0) is 12.1 Å². The molecule has 1 aromatic carbocycles. The summed E-state index contributed by atoms with van der Waals surface area (Å²) >= 11 is 0. The first-order chi connectivity index (χ1) is 6.52. The van der Waals surface area contributed by atoms with E-state index in [4.69, 9.17) is 10.2 Å². The van der Waals surface area contributed by atoms with Gasteiger partial charge in [-0.2, -0.15) is 0 Å². The molecule has 0 bridgehead atoms. The van der Waals surface area contributed by atoms with E-state index < -0.39 is 17.2 Å². The van der Waals surface area contributed by atoms with Gasteiger partial charge in [0.1, 0.15) is 0 Å². The summed E-state index contributed by atoms with van der Waals surface area (Å²) in [6.07, 6.45) is 0. The fourth-order valence-corrected chi connectivity index (χ4v) is 0.973. The fraction of sp³-hybridized carbons (Fsp3) is 0.222. The van der Waals surface area contributed by atoms with Crippen LogP contribution in [0.25, 0.3) is 0 Å². The maximum absolute atomic E-state index is 10.6. The molecule has 0 aliphatic rings. The zero-order chi connectivity index (χ0) is 10.7. The molecule has 0 fully saturated rings. The van der Waals surface area contributed by atoms with E-state index in [2.05, 4.69) is 5.32 Å². The van der Waals surface area contributed by atoms with Gasteiger partial charge in [0.15, 0.2) is 11.5 Å². The van der Waals surface area contributed by atoms with Gasteiger partial charge in [0, 0.05) is 19.0 Å². The van der Waals surface area contributed by atoms with Crippen LogP contribution < -0.4 is 5.32 Å². The maximum Gasteiger partial charge on any atom is 0.217 e. The lowest BCUT2D eigenvalue weighted by Crippen LogP contribution is -2.18. The van der Waals surface area contributed by atoms with Crippen molar-refractivity contribution in [1.29, 1.82) is 0 Å². The quantitative estimate of drug-likeness (QED) is 0.518. The van der Waals surface area contributed by atoms with Crippen LogP contribution in [0, 0.1) is 0 Å². The Balaban J connectivity index is 2.88. The van der Waals surface area contributed by atoms with Crippen molar-refractivity contribution in [3.8, 4) is 17.2 Å². The Morgan fingerprint density at radius 3 is 2.50 bits per heavy atom. The van der Waals surface area contributed by atoms with Crippen LogP contribution in [-0.2, 0) is 11.3 Å². The average molecular weight is 197 g/mol. The normalized spacial score (nSPS) is 9.79. The molecule has 1 aromatic rings. The number of aromatic hydroxyl groups is 3. The lowest BCUT2D eigenvalue weighted by molar-refractivity contribution is -0.119. The first kappa shape index (κ1) is 10.2. The minimum atomic E-state index is -0.576. The number of nitrogens with one attached hydrogen (secondary N) is 1. The summed E-state index contributed by atoms with van der Waals surface area (Å²) in [5.41, 5.74) is 0.343. The van der Waals surface area contributed by atoms with Crippen LogP contribution in [0.4, 0.5) is 0 Å². The van der Waals surface area contributed by atoms with Gasteiger partial charge >= 0.3 is 0 Å². The van der Waals surface area contributed by atoms with Gasteiger partial charge in [-0.15, -0.1) is 0 Å². The predicted molar refractivity (Wildman–Crippen MR) is 49.0 cm³/mol. The topological polar surface area (TPSA) is 89.8 Å². The molecule has 0 atom stereocenters. The van der Waals surface area contributed by atoms with Crippen molar-refractivity contribution in [3.05, 3.63) is 17.7 Å². The Hall–Kier alpha value is -1.91. The van der Waals surface area contributed by atoms with Crippen LogP contribution in [0.5, 0.6) is 17.2 Å². The maximum atomic E-state index is 10.6. The molecule has 0 aliphatic carbocycles. The molecule has 1 rings (SSSR count). The minimum Gasteiger partial charge on any atom is -0.504 e. The molecule has 14 heavy (non-hydrogen) atoms. The average Bonchev–Trinajstić information content (AvgIpc) is 2.13. The zero-order valence-electron chi connectivity index (χ0n) is 7.61. The molecule has 5 nitrogen and oxygen atoms in total. The van der Waals surface area contributed by atoms with E-state index in [1.807, 2.05) is 0 Å². The second kappa shape index (κ2) is 3.87. The summed E-state index contributed by atoms with van der Waals surface area (Å²) in [6, 6.07) is 2.66. The number of phenols is 3. The monoisotopic (exact) mass is 197 g/mol. The highest BCUT2D eigenvalue weighted by atomic mass is 16.3. The van der Waals surface area contributed by atoms with Crippen LogP contribution in [-0.4, -0.2) is 21.2 Å². The Bertz CT molecular complexity index is 362. The second-order valence-electron chi connectivity index (χ2n) is 2.85. The summed E-state index contributed by atoms with van der Waals surface area (Å²) in [7, 11) is 0. The van der Waals surface area contributed by atoms with Crippen molar-refractivity contribution in [3.63, 3.8) is 0 Å². The summed E-state index contributed by atoms with van der Waals surface area (Å²) < 4.78 is 0. The molecule has 0 spiro atoms. The number of amides is 1. The molecule has 0 saturated carbocycles. The number of carbonyl (C=O) groups excluding carboxylic acids is 1. The van der Waals surface area contributed by atoms with Gasteiger partial charge in [-0.25, -0.2) is 0 Å². The number of hydrogen-bond acceptors (Lipinski definition) is 4. The van der Waals surface area contributed by atoms with Crippen molar-refractivity contribution >= 4 is 5.91 Å². The largest absolute Gasteiger partial charge is 0.504 e. The Morgan fingerprint density at radius 1 is 1.29 bits per heavy atom. The van der Waals surface area contributed by atoms with Gasteiger partial charge in [-0.1, -0.05) is 0 Å². The van der Waals surface area contributed by atoms with Crippen LogP contribution in [0.1, 0.15) is 12.5 Å². The lowest BCUT2D eigenvalue weighted by Gasteiger charge is -2.07.